The maximum atomic E-state index is 4.89. The summed E-state index contributed by atoms with van der Waals surface area (Å²) in [6.07, 6.45) is 2.16. The first-order valence-corrected chi connectivity index (χ1v) is 9.36. The molecule has 3 aromatic carbocycles. The van der Waals surface area contributed by atoms with Gasteiger partial charge in [0.05, 0.1) is 11.0 Å². The van der Waals surface area contributed by atoms with E-state index in [1.54, 1.807) is 0 Å². The Kier molecular flexibility index (Phi) is 4.66. The third-order valence-corrected chi connectivity index (χ3v) is 4.92. The lowest BCUT2D eigenvalue weighted by atomic mass is 10.1. The first kappa shape index (κ1) is 16.1. The molecule has 0 spiro atoms. The first-order valence-electron chi connectivity index (χ1n) is 8.56. The molecule has 0 amide bonds. The van der Waals surface area contributed by atoms with Gasteiger partial charge in [0, 0.05) is 16.6 Å². The molecule has 0 N–H and O–H groups in total. The van der Waals surface area contributed by atoms with Crippen molar-refractivity contribution in [2.45, 2.75) is 19.4 Å². The minimum absolute atomic E-state index is 0.956. The topological polar surface area (TPSA) is 17.8 Å². The molecule has 0 saturated carbocycles. The molecule has 0 bridgehead atoms. The zero-order valence-corrected chi connectivity index (χ0v) is 15.5. The lowest BCUT2D eigenvalue weighted by Gasteiger charge is -2.10. The second kappa shape index (κ2) is 7.24. The van der Waals surface area contributed by atoms with Gasteiger partial charge in [0.1, 0.15) is 5.82 Å². The van der Waals surface area contributed by atoms with Crippen LogP contribution in [-0.2, 0) is 13.0 Å². The van der Waals surface area contributed by atoms with Gasteiger partial charge in [-0.2, -0.15) is 0 Å². The molecule has 4 aromatic rings. The van der Waals surface area contributed by atoms with Crippen molar-refractivity contribution in [2.75, 3.05) is 0 Å². The molecule has 1 heterocycles. The monoisotopic (exact) mass is 390 g/mol. The summed E-state index contributed by atoms with van der Waals surface area (Å²) in [5.74, 6) is 1.04. The van der Waals surface area contributed by atoms with Crippen molar-refractivity contribution in [2.24, 2.45) is 0 Å². The van der Waals surface area contributed by atoms with Crippen molar-refractivity contribution in [3.05, 3.63) is 88.9 Å². The van der Waals surface area contributed by atoms with Gasteiger partial charge in [-0.05, 0) is 42.7 Å². The van der Waals surface area contributed by atoms with E-state index in [4.69, 9.17) is 4.98 Å². The number of halogens is 1. The zero-order valence-electron chi connectivity index (χ0n) is 13.9. The van der Waals surface area contributed by atoms with Gasteiger partial charge in [0.15, 0.2) is 0 Å². The highest BCUT2D eigenvalue weighted by molar-refractivity contribution is 9.10. The number of aromatic nitrogens is 2. The highest BCUT2D eigenvalue weighted by atomic mass is 79.9. The Labute approximate surface area is 156 Å². The average Bonchev–Trinajstić information content (AvgIpc) is 3.02. The summed E-state index contributed by atoms with van der Waals surface area (Å²) in [6.45, 7) is 0.956. The minimum Gasteiger partial charge on any atom is -0.324 e. The second-order valence-corrected chi connectivity index (χ2v) is 7.09. The fourth-order valence-electron chi connectivity index (χ4n) is 3.24. The molecule has 0 aliphatic heterocycles. The van der Waals surface area contributed by atoms with Crippen LogP contribution in [0.1, 0.15) is 12.0 Å². The van der Waals surface area contributed by atoms with Gasteiger partial charge in [0.2, 0.25) is 0 Å². The molecule has 2 nitrogen and oxygen atoms in total. The fraction of sp³-hybridized carbons (Fsp3) is 0.136. The summed E-state index contributed by atoms with van der Waals surface area (Å²) in [4.78, 5) is 4.89. The molecular weight excluding hydrogens is 372 g/mol. The lowest BCUT2D eigenvalue weighted by Crippen LogP contribution is -2.02. The highest BCUT2D eigenvalue weighted by Gasteiger charge is 2.12. The first-order chi connectivity index (χ1) is 12.3. The highest BCUT2D eigenvalue weighted by Crippen LogP contribution is 2.27. The predicted octanol–water partition coefficient (Wildman–Crippen LogP) is 6.10. The largest absolute Gasteiger partial charge is 0.324 e. The molecule has 0 fully saturated rings. The fourth-order valence-corrected chi connectivity index (χ4v) is 3.64. The Morgan fingerprint density at radius 2 is 1.64 bits per heavy atom. The summed E-state index contributed by atoms with van der Waals surface area (Å²) in [7, 11) is 0. The summed E-state index contributed by atoms with van der Waals surface area (Å²) in [6, 6.07) is 27.4. The van der Waals surface area contributed by atoms with Gasteiger partial charge in [-0.15, -0.1) is 0 Å². The SMILES string of the molecule is Brc1cccc(-c2nc3ccccc3n2CCCc2ccccc2)c1. The lowest BCUT2D eigenvalue weighted by molar-refractivity contribution is 0.663. The average molecular weight is 391 g/mol. The van der Waals surface area contributed by atoms with Gasteiger partial charge < -0.3 is 4.57 Å². The second-order valence-electron chi connectivity index (χ2n) is 6.18. The Morgan fingerprint density at radius 3 is 2.48 bits per heavy atom. The van der Waals surface area contributed by atoms with Gasteiger partial charge >= 0.3 is 0 Å². The van der Waals surface area contributed by atoms with Crippen LogP contribution in [0.3, 0.4) is 0 Å². The number of para-hydroxylation sites is 2. The molecule has 0 radical (unpaired) electrons. The predicted molar refractivity (Wildman–Crippen MR) is 108 cm³/mol. The quantitative estimate of drug-likeness (QED) is 0.402. The molecule has 0 atom stereocenters. The Morgan fingerprint density at radius 1 is 0.840 bits per heavy atom. The molecule has 4 rings (SSSR count). The number of aryl methyl sites for hydroxylation is 2. The van der Waals surface area contributed by atoms with Gasteiger partial charge in [-0.1, -0.05) is 70.5 Å². The molecule has 1 aromatic heterocycles. The van der Waals surface area contributed by atoms with E-state index in [0.29, 0.717) is 0 Å². The zero-order chi connectivity index (χ0) is 17.1. The van der Waals surface area contributed by atoms with Gasteiger partial charge in [-0.25, -0.2) is 4.98 Å². The van der Waals surface area contributed by atoms with Gasteiger partial charge in [-0.3, -0.25) is 0 Å². The maximum absolute atomic E-state index is 4.89. The van der Waals surface area contributed by atoms with E-state index < -0.39 is 0 Å². The van der Waals surface area contributed by atoms with Crippen LogP contribution >= 0.6 is 15.9 Å². The van der Waals surface area contributed by atoms with Crippen LogP contribution in [0.2, 0.25) is 0 Å². The maximum Gasteiger partial charge on any atom is 0.141 e. The Balaban J connectivity index is 1.67. The summed E-state index contributed by atoms with van der Waals surface area (Å²) in [5.41, 5.74) is 4.78. The molecule has 0 unspecified atom stereocenters. The smallest absolute Gasteiger partial charge is 0.141 e. The minimum atomic E-state index is 0.956. The molecule has 3 heteroatoms. The molecule has 124 valence electrons. The van der Waals surface area contributed by atoms with Crippen LogP contribution < -0.4 is 0 Å². The summed E-state index contributed by atoms with van der Waals surface area (Å²) < 4.78 is 3.42. The molecule has 0 aliphatic carbocycles. The van der Waals surface area contributed by atoms with Crippen molar-refractivity contribution in [3.63, 3.8) is 0 Å². The van der Waals surface area contributed by atoms with E-state index in [1.807, 2.05) is 12.1 Å². The van der Waals surface area contributed by atoms with Crippen LogP contribution in [0.15, 0.2) is 83.3 Å². The van der Waals surface area contributed by atoms with E-state index in [0.717, 1.165) is 40.8 Å². The Bertz CT molecular complexity index is 989. The number of fused-ring (bicyclic) bond motifs is 1. The van der Waals surface area contributed by atoms with E-state index in [2.05, 4.69) is 87.2 Å². The standard InChI is InChI=1S/C22H19BrN2/c23-19-12-6-11-18(16-19)22-24-20-13-4-5-14-21(20)25(22)15-7-10-17-8-2-1-3-9-17/h1-6,8-9,11-14,16H,7,10,15H2. The van der Waals surface area contributed by atoms with Crippen molar-refractivity contribution in [3.8, 4) is 11.4 Å². The molecule has 0 aliphatic rings. The summed E-state index contributed by atoms with van der Waals surface area (Å²) in [5, 5.41) is 0. The molecular formula is C22H19BrN2. The van der Waals surface area contributed by atoms with Crippen LogP contribution in [0.25, 0.3) is 22.4 Å². The van der Waals surface area contributed by atoms with Crippen molar-refractivity contribution in [1.29, 1.82) is 0 Å². The normalized spacial score (nSPS) is 11.1. The van der Waals surface area contributed by atoms with Crippen LogP contribution in [-0.4, -0.2) is 9.55 Å². The number of hydrogen-bond acceptors (Lipinski definition) is 1. The van der Waals surface area contributed by atoms with Crippen LogP contribution in [0.5, 0.6) is 0 Å². The van der Waals surface area contributed by atoms with Crippen molar-refractivity contribution < 1.29 is 0 Å². The molecule has 25 heavy (non-hydrogen) atoms. The third kappa shape index (κ3) is 3.52. The van der Waals surface area contributed by atoms with Crippen molar-refractivity contribution >= 4 is 27.0 Å². The van der Waals surface area contributed by atoms with Crippen LogP contribution in [0.4, 0.5) is 0 Å². The summed E-state index contributed by atoms with van der Waals surface area (Å²) >= 11 is 3.57. The number of hydrogen-bond donors (Lipinski definition) is 0. The molecule has 0 saturated heterocycles. The van der Waals surface area contributed by atoms with E-state index >= 15 is 0 Å². The number of benzene rings is 3. The van der Waals surface area contributed by atoms with E-state index in [-0.39, 0.29) is 0 Å². The van der Waals surface area contributed by atoms with E-state index in [1.165, 1.54) is 11.1 Å². The van der Waals surface area contributed by atoms with E-state index in [9.17, 15) is 0 Å². The Hall–Kier alpha value is -2.39. The van der Waals surface area contributed by atoms with Crippen LogP contribution in [0, 0.1) is 0 Å². The number of nitrogens with zero attached hydrogens (tertiary/aromatic N) is 2. The number of rotatable bonds is 5. The third-order valence-electron chi connectivity index (χ3n) is 4.43. The van der Waals surface area contributed by atoms with Gasteiger partial charge in [0.25, 0.3) is 0 Å². The van der Waals surface area contributed by atoms with Crippen molar-refractivity contribution in [1.82, 2.24) is 9.55 Å². The number of imidazole rings is 1.